The highest BCUT2D eigenvalue weighted by Gasteiger charge is 2.22. The number of halogens is 1. The predicted molar refractivity (Wildman–Crippen MR) is 122 cm³/mol. The van der Waals surface area contributed by atoms with E-state index in [2.05, 4.69) is 21.4 Å². The number of aromatic nitrogens is 2. The molecule has 4 rings (SSSR count). The number of hydrogen-bond acceptors (Lipinski definition) is 5. The third kappa shape index (κ3) is 4.22. The second-order valence-electron chi connectivity index (χ2n) is 7.36. The number of primary amides is 1. The summed E-state index contributed by atoms with van der Waals surface area (Å²) in [7, 11) is 0. The van der Waals surface area contributed by atoms with Crippen LogP contribution in [0.2, 0.25) is 5.02 Å². The van der Waals surface area contributed by atoms with Gasteiger partial charge in [0.15, 0.2) is 0 Å². The van der Waals surface area contributed by atoms with Crippen LogP contribution in [0.1, 0.15) is 5.56 Å². The van der Waals surface area contributed by atoms with Gasteiger partial charge in [0.05, 0.1) is 11.9 Å². The molecule has 1 aromatic heterocycles. The van der Waals surface area contributed by atoms with Gasteiger partial charge in [-0.25, -0.2) is 9.97 Å². The first-order valence-corrected chi connectivity index (χ1v) is 10.3. The Balaban J connectivity index is 1.71. The maximum atomic E-state index is 11.9. The molecule has 7 nitrogen and oxygen atoms in total. The Morgan fingerprint density at radius 1 is 1.10 bits per heavy atom. The highest BCUT2D eigenvalue weighted by Crippen LogP contribution is 2.36. The molecule has 1 saturated heterocycles. The summed E-state index contributed by atoms with van der Waals surface area (Å²) in [6, 6.07) is 11.3. The molecule has 1 aliphatic rings. The van der Waals surface area contributed by atoms with E-state index in [1.54, 1.807) is 4.90 Å². The third-order valence-corrected chi connectivity index (χ3v) is 5.75. The smallest absolute Gasteiger partial charge is 0.246 e. The Kier molecular flexibility index (Phi) is 5.86. The lowest BCUT2D eigenvalue weighted by molar-refractivity contribution is -0.126. The molecule has 2 heterocycles. The molecule has 1 fully saturated rings. The Morgan fingerprint density at radius 2 is 1.84 bits per heavy atom. The van der Waals surface area contributed by atoms with Crippen molar-refractivity contribution in [1.82, 2.24) is 14.9 Å². The third-order valence-electron chi connectivity index (χ3n) is 5.44. The molecule has 2 N–H and O–H groups in total. The highest BCUT2D eigenvalue weighted by atomic mass is 35.5. The lowest BCUT2D eigenvalue weighted by atomic mass is 9.96. The van der Waals surface area contributed by atoms with Crippen molar-refractivity contribution in [1.29, 1.82) is 0 Å². The molecule has 0 radical (unpaired) electrons. The van der Waals surface area contributed by atoms with Gasteiger partial charge in [-0.1, -0.05) is 42.4 Å². The van der Waals surface area contributed by atoms with Crippen molar-refractivity contribution in [3.05, 3.63) is 66.0 Å². The number of benzene rings is 2. The van der Waals surface area contributed by atoms with E-state index in [0.29, 0.717) is 31.2 Å². The van der Waals surface area contributed by atoms with Crippen LogP contribution >= 0.6 is 11.6 Å². The fraction of sp³-hybridized carbons (Fsp3) is 0.217. The van der Waals surface area contributed by atoms with Crippen molar-refractivity contribution in [2.24, 2.45) is 5.73 Å². The predicted octanol–water partition coefficient (Wildman–Crippen LogP) is 2.81. The molecule has 0 bridgehead atoms. The molecule has 31 heavy (non-hydrogen) atoms. The van der Waals surface area contributed by atoms with E-state index in [0.717, 1.165) is 33.4 Å². The maximum absolute atomic E-state index is 11.9. The summed E-state index contributed by atoms with van der Waals surface area (Å²) in [4.78, 5) is 36.2. The first kappa shape index (κ1) is 20.8. The van der Waals surface area contributed by atoms with E-state index < -0.39 is 5.91 Å². The zero-order valence-corrected chi connectivity index (χ0v) is 17.7. The topological polar surface area (TPSA) is 92.4 Å². The van der Waals surface area contributed by atoms with Gasteiger partial charge in [-0.15, -0.1) is 0 Å². The lowest BCUT2D eigenvalue weighted by Crippen LogP contribution is -2.48. The number of hydrogen-bond donors (Lipinski definition) is 1. The monoisotopic (exact) mass is 435 g/mol. The average Bonchev–Trinajstić information content (AvgIpc) is 2.78. The summed E-state index contributed by atoms with van der Waals surface area (Å²) < 4.78 is 0. The van der Waals surface area contributed by atoms with Crippen LogP contribution in [-0.4, -0.2) is 52.9 Å². The van der Waals surface area contributed by atoms with Crippen LogP contribution in [0.15, 0.2) is 55.4 Å². The highest BCUT2D eigenvalue weighted by molar-refractivity contribution is 6.34. The van der Waals surface area contributed by atoms with Crippen LogP contribution in [0, 0.1) is 0 Å². The normalized spacial score (nSPS) is 14.0. The van der Waals surface area contributed by atoms with Crippen LogP contribution < -0.4 is 10.6 Å². The minimum atomic E-state index is -0.400. The molecule has 8 heteroatoms. The molecule has 0 atom stereocenters. The van der Waals surface area contributed by atoms with E-state index in [1.807, 2.05) is 36.4 Å². The molecular weight excluding hydrogens is 414 g/mol. The fourth-order valence-electron chi connectivity index (χ4n) is 3.91. The quantitative estimate of drug-likeness (QED) is 0.622. The van der Waals surface area contributed by atoms with E-state index in [1.165, 1.54) is 12.4 Å². The Bertz CT molecular complexity index is 1170. The van der Waals surface area contributed by atoms with Crippen molar-refractivity contribution < 1.29 is 9.59 Å². The van der Waals surface area contributed by atoms with Gasteiger partial charge in [-0.3, -0.25) is 9.59 Å². The van der Waals surface area contributed by atoms with Gasteiger partial charge in [0, 0.05) is 42.2 Å². The van der Waals surface area contributed by atoms with Gasteiger partial charge in [0.2, 0.25) is 11.8 Å². The van der Waals surface area contributed by atoms with Crippen LogP contribution in [0.5, 0.6) is 0 Å². The van der Waals surface area contributed by atoms with Crippen LogP contribution in [0.25, 0.3) is 22.0 Å². The molecule has 0 spiro atoms. The van der Waals surface area contributed by atoms with Gasteiger partial charge in [0.25, 0.3) is 0 Å². The van der Waals surface area contributed by atoms with Gasteiger partial charge in [-0.2, -0.15) is 0 Å². The Morgan fingerprint density at radius 3 is 2.55 bits per heavy atom. The number of fused-ring (bicyclic) bond motifs is 1. The molecule has 2 aromatic carbocycles. The molecule has 3 aromatic rings. The molecule has 2 amide bonds. The number of anilines is 1. The molecule has 1 aliphatic heterocycles. The first-order chi connectivity index (χ1) is 15.0. The number of carbonyl (C=O) groups excluding carboxylic acids is 2. The zero-order valence-electron chi connectivity index (χ0n) is 16.9. The maximum Gasteiger partial charge on any atom is 0.246 e. The Hall–Kier alpha value is -3.45. The van der Waals surface area contributed by atoms with E-state index >= 15 is 0 Å². The van der Waals surface area contributed by atoms with E-state index in [9.17, 15) is 9.59 Å². The molecule has 158 valence electrons. The van der Waals surface area contributed by atoms with Crippen LogP contribution in [0.3, 0.4) is 0 Å². The van der Waals surface area contributed by atoms with Gasteiger partial charge < -0.3 is 15.5 Å². The van der Waals surface area contributed by atoms with E-state index in [-0.39, 0.29) is 12.3 Å². The standard InChI is InChI=1S/C23H22ClN5O2/c1-2-22(31)28-7-9-29(10-8-28)23-18-12-19(24)17(13-20(18)26-14-27-23)16-6-4-3-5-15(16)11-21(25)30/h2-6,12-14H,1,7-11H2,(H2,25,30). The molecule has 0 unspecified atom stereocenters. The minimum Gasteiger partial charge on any atom is -0.369 e. The summed E-state index contributed by atoms with van der Waals surface area (Å²) >= 11 is 6.69. The largest absolute Gasteiger partial charge is 0.369 e. The molecule has 0 aliphatic carbocycles. The molecule has 0 saturated carbocycles. The first-order valence-electron chi connectivity index (χ1n) is 9.95. The SMILES string of the molecule is C=CC(=O)N1CCN(c2ncnc3cc(-c4ccccc4CC(N)=O)c(Cl)cc23)CC1. The summed E-state index contributed by atoms with van der Waals surface area (Å²) in [6.07, 6.45) is 3.01. The number of piperazine rings is 1. The van der Waals surface area contributed by atoms with Crippen molar-refractivity contribution in [2.75, 3.05) is 31.1 Å². The average molecular weight is 436 g/mol. The summed E-state index contributed by atoms with van der Waals surface area (Å²) in [5.41, 5.74) is 8.62. The lowest BCUT2D eigenvalue weighted by Gasteiger charge is -2.35. The number of nitrogens with zero attached hydrogens (tertiary/aromatic N) is 4. The second kappa shape index (κ2) is 8.73. The van der Waals surface area contributed by atoms with Crippen molar-refractivity contribution in [3.63, 3.8) is 0 Å². The summed E-state index contributed by atoms with van der Waals surface area (Å²) in [5, 5.41) is 1.38. The zero-order chi connectivity index (χ0) is 22.0. The number of nitrogens with two attached hydrogens (primary N) is 1. The van der Waals surface area contributed by atoms with Crippen LogP contribution in [0.4, 0.5) is 5.82 Å². The molecular formula is C23H22ClN5O2. The van der Waals surface area contributed by atoms with Gasteiger partial charge >= 0.3 is 0 Å². The van der Waals surface area contributed by atoms with Crippen molar-refractivity contribution in [3.8, 4) is 11.1 Å². The van der Waals surface area contributed by atoms with Gasteiger partial charge in [-0.05, 0) is 29.3 Å². The summed E-state index contributed by atoms with van der Waals surface area (Å²) in [6.45, 7) is 6.07. The van der Waals surface area contributed by atoms with Crippen molar-refractivity contribution >= 4 is 40.1 Å². The summed E-state index contributed by atoms with van der Waals surface area (Å²) in [5.74, 6) is 0.326. The number of carbonyl (C=O) groups is 2. The Labute approximate surface area is 185 Å². The fourth-order valence-corrected chi connectivity index (χ4v) is 4.18. The second-order valence-corrected chi connectivity index (χ2v) is 7.77. The van der Waals surface area contributed by atoms with E-state index in [4.69, 9.17) is 17.3 Å². The number of amides is 2. The number of rotatable bonds is 5. The van der Waals surface area contributed by atoms with Crippen molar-refractivity contribution in [2.45, 2.75) is 6.42 Å². The minimum absolute atomic E-state index is 0.0606. The van der Waals surface area contributed by atoms with Crippen LogP contribution in [-0.2, 0) is 16.0 Å². The van der Waals surface area contributed by atoms with Gasteiger partial charge in [0.1, 0.15) is 12.1 Å².